The largest absolute Gasteiger partial charge is 0.511 e. The average molecular weight is 295 g/mol. The fourth-order valence-electron chi connectivity index (χ4n) is 2.68. The van der Waals surface area contributed by atoms with Crippen molar-refractivity contribution in [3.63, 3.8) is 0 Å². The van der Waals surface area contributed by atoms with E-state index in [1.807, 2.05) is 0 Å². The highest BCUT2D eigenvalue weighted by Crippen LogP contribution is 2.42. The summed E-state index contributed by atoms with van der Waals surface area (Å²) < 4.78 is 4.77. The van der Waals surface area contributed by atoms with Gasteiger partial charge in [0.1, 0.15) is 11.7 Å². The molecule has 0 fully saturated rings. The van der Waals surface area contributed by atoms with Gasteiger partial charge in [0.2, 0.25) is 0 Å². The predicted molar refractivity (Wildman–Crippen MR) is 81.4 cm³/mol. The first-order chi connectivity index (χ1) is 9.76. The van der Waals surface area contributed by atoms with Gasteiger partial charge in [0.15, 0.2) is 5.78 Å². The summed E-state index contributed by atoms with van der Waals surface area (Å²) in [6.07, 6.45) is 2.12. The number of allylic oxidation sites excluding steroid dienone is 1. The smallest absolute Gasteiger partial charge is 0.316 e. The van der Waals surface area contributed by atoms with E-state index in [2.05, 4.69) is 11.9 Å². The monoisotopic (exact) mass is 295 g/mol. The van der Waals surface area contributed by atoms with Crippen molar-refractivity contribution in [2.75, 3.05) is 13.7 Å². The molecule has 5 heteroatoms. The van der Waals surface area contributed by atoms with Crippen molar-refractivity contribution >= 4 is 17.5 Å². The number of esters is 1. The Balaban J connectivity index is 3.24. The molecule has 0 aromatic heterocycles. The number of hydrogen-bond donors (Lipinski definition) is 1. The fraction of sp³-hybridized carbons (Fsp3) is 0.688. The van der Waals surface area contributed by atoms with E-state index in [9.17, 15) is 14.7 Å². The third-order valence-electron chi connectivity index (χ3n) is 3.87. The van der Waals surface area contributed by atoms with Gasteiger partial charge >= 0.3 is 5.97 Å². The quantitative estimate of drug-likeness (QED) is 0.481. The summed E-state index contributed by atoms with van der Waals surface area (Å²) in [7, 11) is 1.28. The van der Waals surface area contributed by atoms with Crippen LogP contribution in [0.5, 0.6) is 0 Å². The molecule has 1 rings (SSSR count). The minimum absolute atomic E-state index is 0.171. The maximum atomic E-state index is 12.3. The van der Waals surface area contributed by atoms with Crippen LogP contribution in [0, 0.1) is 11.3 Å². The number of unbranched alkanes of at least 4 members (excludes halogenated alkanes) is 1. The number of rotatable bonds is 5. The SMILES string of the molecule is CCCCN=C(C)C1=C(O)[C@H](C(=O)OC)C(C)(C)CC1=O. The first kappa shape index (κ1) is 17.4. The maximum Gasteiger partial charge on any atom is 0.316 e. The van der Waals surface area contributed by atoms with Crippen molar-refractivity contribution in [2.45, 2.75) is 47.0 Å². The minimum Gasteiger partial charge on any atom is -0.511 e. The van der Waals surface area contributed by atoms with Gasteiger partial charge in [0.05, 0.1) is 12.7 Å². The summed E-state index contributed by atoms with van der Waals surface area (Å²) in [5.41, 5.74) is 0.0118. The summed E-state index contributed by atoms with van der Waals surface area (Å²) in [5.74, 6) is -1.73. The number of methoxy groups -OCH3 is 1. The van der Waals surface area contributed by atoms with Gasteiger partial charge in [0, 0.05) is 18.7 Å². The Morgan fingerprint density at radius 1 is 1.48 bits per heavy atom. The van der Waals surface area contributed by atoms with E-state index in [-0.39, 0.29) is 23.5 Å². The molecule has 0 saturated carbocycles. The molecule has 0 saturated heterocycles. The number of carbonyl (C=O) groups is 2. The lowest BCUT2D eigenvalue weighted by atomic mass is 9.68. The standard InChI is InChI=1S/C16H25NO4/c1-6-7-8-17-10(2)12-11(18)9-16(3,4)13(14(12)19)15(20)21-5/h13,19H,6-9H2,1-5H3/t13-/m1/s1. The van der Waals surface area contributed by atoms with Gasteiger partial charge in [-0.05, 0) is 18.8 Å². The van der Waals surface area contributed by atoms with Crippen LogP contribution in [0.1, 0.15) is 47.0 Å². The lowest BCUT2D eigenvalue weighted by molar-refractivity contribution is -0.150. The number of hydrogen-bond acceptors (Lipinski definition) is 5. The molecule has 1 atom stereocenters. The van der Waals surface area contributed by atoms with E-state index in [0.717, 1.165) is 12.8 Å². The first-order valence-corrected chi connectivity index (χ1v) is 7.31. The van der Waals surface area contributed by atoms with Gasteiger partial charge in [-0.15, -0.1) is 0 Å². The lowest BCUT2D eigenvalue weighted by Crippen LogP contribution is -2.41. The normalized spacial score (nSPS) is 22.4. The fourth-order valence-corrected chi connectivity index (χ4v) is 2.68. The van der Waals surface area contributed by atoms with Crippen LogP contribution < -0.4 is 0 Å². The molecular formula is C16H25NO4. The molecule has 0 aromatic rings. The number of nitrogens with zero attached hydrogens (tertiary/aromatic N) is 1. The molecule has 0 heterocycles. The summed E-state index contributed by atoms with van der Waals surface area (Å²) in [6.45, 7) is 7.93. The Morgan fingerprint density at radius 3 is 2.62 bits per heavy atom. The first-order valence-electron chi connectivity index (χ1n) is 7.31. The molecule has 0 bridgehead atoms. The van der Waals surface area contributed by atoms with Gasteiger partial charge in [0.25, 0.3) is 0 Å². The van der Waals surface area contributed by atoms with Crippen molar-refractivity contribution < 1.29 is 19.4 Å². The number of ether oxygens (including phenoxy) is 1. The zero-order valence-electron chi connectivity index (χ0n) is 13.5. The van der Waals surface area contributed by atoms with Gasteiger partial charge in [-0.2, -0.15) is 0 Å². The second-order valence-electron chi connectivity index (χ2n) is 6.13. The third-order valence-corrected chi connectivity index (χ3v) is 3.87. The van der Waals surface area contributed by atoms with Gasteiger partial charge in [-0.25, -0.2) is 0 Å². The Hall–Kier alpha value is -1.65. The highest BCUT2D eigenvalue weighted by molar-refractivity contribution is 6.23. The molecule has 0 unspecified atom stereocenters. The minimum atomic E-state index is -0.827. The van der Waals surface area contributed by atoms with Crippen LogP contribution in [0.3, 0.4) is 0 Å². The van der Waals surface area contributed by atoms with E-state index < -0.39 is 17.3 Å². The third kappa shape index (κ3) is 3.71. The molecule has 0 aliphatic heterocycles. The summed E-state index contributed by atoms with van der Waals surface area (Å²) in [4.78, 5) is 28.6. The number of carbonyl (C=O) groups excluding carboxylic acids is 2. The Morgan fingerprint density at radius 2 is 2.10 bits per heavy atom. The summed E-state index contributed by atoms with van der Waals surface area (Å²) >= 11 is 0. The summed E-state index contributed by atoms with van der Waals surface area (Å²) in [5, 5.41) is 10.4. The van der Waals surface area contributed by atoms with E-state index >= 15 is 0 Å². The Kier molecular flexibility index (Phi) is 5.70. The number of ketones is 1. The van der Waals surface area contributed by atoms with Crippen LogP contribution in [-0.2, 0) is 14.3 Å². The molecule has 1 aliphatic rings. The molecule has 5 nitrogen and oxygen atoms in total. The molecule has 0 spiro atoms. The predicted octanol–water partition coefficient (Wildman–Crippen LogP) is 2.85. The number of aliphatic imine (C=N–C) groups is 1. The van der Waals surface area contributed by atoms with Gasteiger partial charge in [-0.3, -0.25) is 14.6 Å². The summed E-state index contributed by atoms with van der Waals surface area (Å²) in [6, 6.07) is 0. The molecule has 118 valence electrons. The maximum absolute atomic E-state index is 12.3. The van der Waals surface area contributed by atoms with Crippen molar-refractivity contribution in [3.05, 3.63) is 11.3 Å². The molecule has 0 aromatic carbocycles. The van der Waals surface area contributed by atoms with Crippen molar-refractivity contribution in [1.82, 2.24) is 0 Å². The Bertz CT molecular complexity index is 489. The second-order valence-corrected chi connectivity index (χ2v) is 6.13. The van der Waals surface area contributed by atoms with Crippen LogP contribution in [0.4, 0.5) is 0 Å². The zero-order chi connectivity index (χ0) is 16.2. The van der Waals surface area contributed by atoms with Crippen LogP contribution in [0.15, 0.2) is 16.3 Å². The van der Waals surface area contributed by atoms with Crippen LogP contribution in [0.25, 0.3) is 0 Å². The van der Waals surface area contributed by atoms with Crippen LogP contribution >= 0.6 is 0 Å². The van der Waals surface area contributed by atoms with E-state index in [1.54, 1.807) is 20.8 Å². The highest BCUT2D eigenvalue weighted by Gasteiger charge is 2.47. The Labute approximate surface area is 126 Å². The van der Waals surface area contributed by atoms with Crippen molar-refractivity contribution in [3.8, 4) is 0 Å². The molecular weight excluding hydrogens is 270 g/mol. The van der Waals surface area contributed by atoms with Crippen LogP contribution in [0.2, 0.25) is 0 Å². The van der Waals surface area contributed by atoms with E-state index in [4.69, 9.17) is 4.74 Å². The lowest BCUT2D eigenvalue weighted by Gasteiger charge is -2.36. The van der Waals surface area contributed by atoms with Crippen LogP contribution in [-0.4, -0.2) is 36.2 Å². The number of aliphatic hydroxyl groups is 1. The van der Waals surface area contributed by atoms with Crippen molar-refractivity contribution in [1.29, 1.82) is 0 Å². The topological polar surface area (TPSA) is 76.0 Å². The molecule has 21 heavy (non-hydrogen) atoms. The van der Waals surface area contributed by atoms with Gasteiger partial charge in [-0.1, -0.05) is 27.2 Å². The molecule has 0 amide bonds. The number of Topliss-reactive ketones (excluding diaryl/α,β-unsaturated/α-hetero) is 1. The van der Waals surface area contributed by atoms with Crippen molar-refractivity contribution in [2.24, 2.45) is 16.3 Å². The molecule has 1 aliphatic carbocycles. The molecule has 1 N–H and O–H groups in total. The zero-order valence-corrected chi connectivity index (χ0v) is 13.5. The second kappa shape index (κ2) is 6.87. The average Bonchev–Trinajstić information content (AvgIpc) is 2.36. The van der Waals surface area contributed by atoms with E-state index in [1.165, 1.54) is 7.11 Å². The van der Waals surface area contributed by atoms with E-state index in [0.29, 0.717) is 12.3 Å². The molecule has 0 radical (unpaired) electrons. The number of aliphatic hydroxyl groups excluding tert-OH is 1. The van der Waals surface area contributed by atoms with Gasteiger partial charge < -0.3 is 9.84 Å². The highest BCUT2D eigenvalue weighted by atomic mass is 16.5.